The summed E-state index contributed by atoms with van der Waals surface area (Å²) in [5.41, 5.74) is 1.26. The van der Waals surface area contributed by atoms with Crippen LogP contribution < -0.4 is 9.47 Å². The summed E-state index contributed by atoms with van der Waals surface area (Å²) in [5.74, 6) is 0.550. The molecular weight excluding hydrogens is 364 g/mol. The molecule has 2 unspecified atom stereocenters. The van der Waals surface area contributed by atoms with E-state index in [0.29, 0.717) is 22.6 Å². The standard InChI is InChI=1S/C25H22O4/c1-28-20-12-8-17(9-13-20)22-16-23(26)24(18-6-4-3-5-7-18)25(22,27)19-10-14-21(29-2)15-11-19/h3-16,24,27H,1-2H3. The fourth-order valence-corrected chi connectivity index (χ4v) is 3.99. The van der Waals surface area contributed by atoms with Gasteiger partial charge in [-0.1, -0.05) is 54.6 Å². The van der Waals surface area contributed by atoms with Crippen LogP contribution in [0.15, 0.2) is 84.9 Å². The highest BCUT2D eigenvalue weighted by atomic mass is 16.5. The van der Waals surface area contributed by atoms with Crippen LogP contribution in [0.1, 0.15) is 22.6 Å². The van der Waals surface area contributed by atoms with Crippen LogP contribution in [0.5, 0.6) is 11.5 Å². The van der Waals surface area contributed by atoms with Crippen molar-refractivity contribution in [3.63, 3.8) is 0 Å². The van der Waals surface area contributed by atoms with E-state index in [2.05, 4.69) is 0 Å². The second-order valence-electron chi connectivity index (χ2n) is 7.03. The summed E-state index contributed by atoms with van der Waals surface area (Å²) in [6.07, 6.45) is 1.56. The Hall–Kier alpha value is -3.37. The van der Waals surface area contributed by atoms with Crippen molar-refractivity contribution in [2.75, 3.05) is 14.2 Å². The number of carbonyl (C=O) groups is 1. The molecule has 3 aromatic rings. The van der Waals surface area contributed by atoms with Crippen molar-refractivity contribution in [1.29, 1.82) is 0 Å². The lowest BCUT2D eigenvalue weighted by Crippen LogP contribution is -2.34. The van der Waals surface area contributed by atoms with Gasteiger partial charge in [-0.25, -0.2) is 0 Å². The number of benzene rings is 3. The number of hydrogen-bond donors (Lipinski definition) is 1. The minimum atomic E-state index is -1.50. The fraction of sp³-hybridized carbons (Fsp3) is 0.160. The van der Waals surface area contributed by atoms with E-state index in [4.69, 9.17) is 9.47 Å². The maximum atomic E-state index is 13.1. The van der Waals surface area contributed by atoms with Crippen molar-refractivity contribution in [3.8, 4) is 11.5 Å². The number of methoxy groups -OCH3 is 2. The molecule has 0 aliphatic heterocycles. The van der Waals surface area contributed by atoms with Gasteiger partial charge >= 0.3 is 0 Å². The van der Waals surface area contributed by atoms with Gasteiger partial charge in [0.2, 0.25) is 0 Å². The normalized spacial score (nSPS) is 21.0. The van der Waals surface area contributed by atoms with Gasteiger partial charge in [0.15, 0.2) is 5.78 Å². The molecule has 4 rings (SSSR count). The predicted octanol–water partition coefficient (Wildman–Crippen LogP) is 4.34. The Labute approximate surface area is 170 Å². The van der Waals surface area contributed by atoms with Gasteiger partial charge in [-0.2, -0.15) is 0 Å². The van der Waals surface area contributed by atoms with Crippen LogP contribution in [0.4, 0.5) is 0 Å². The summed E-state index contributed by atoms with van der Waals surface area (Å²) in [5, 5.41) is 12.1. The van der Waals surface area contributed by atoms with Crippen LogP contribution in [-0.4, -0.2) is 25.1 Å². The zero-order chi connectivity index (χ0) is 20.4. The summed E-state index contributed by atoms with van der Waals surface area (Å²) >= 11 is 0. The second-order valence-corrected chi connectivity index (χ2v) is 7.03. The Morgan fingerprint density at radius 2 is 1.34 bits per heavy atom. The highest BCUT2D eigenvalue weighted by Gasteiger charge is 2.51. The summed E-state index contributed by atoms with van der Waals surface area (Å²) in [6.45, 7) is 0. The smallest absolute Gasteiger partial charge is 0.167 e. The molecule has 0 bridgehead atoms. The van der Waals surface area contributed by atoms with Gasteiger partial charge in [-0.05, 0) is 52.6 Å². The number of allylic oxidation sites excluding steroid dienone is 1. The molecule has 0 spiro atoms. The van der Waals surface area contributed by atoms with Crippen molar-refractivity contribution >= 4 is 11.4 Å². The lowest BCUT2D eigenvalue weighted by Gasteiger charge is -2.33. The molecule has 29 heavy (non-hydrogen) atoms. The molecule has 0 saturated heterocycles. The van der Waals surface area contributed by atoms with Gasteiger partial charge in [0.05, 0.1) is 20.1 Å². The molecule has 2 atom stereocenters. The fourth-order valence-electron chi connectivity index (χ4n) is 3.99. The Morgan fingerprint density at radius 3 is 1.90 bits per heavy atom. The first-order chi connectivity index (χ1) is 14.1. The number of carbonyl (C=O) groups excluding carboxylic acids is 1. The van der Waals surface area contributed by atoms with E-state index in [1.807, 2.05) is 66.7 Å². The first-order valence-electron chi connectivity index (χ1n) is 9.40. The third-order valence-corrected chi connectivity index (χ3v) is 5.46. The third kappa shape index (κ3) is 3.22. The van der Waals surface area contributed by atoms with Crippen LogP contribution in [0.2, 0.25) is 0 Å². The van der Waals surface area contributed by atoms with Crippen LogP contribution in [0.3, 0.4) is 0 Å². The zero-order valence-electron chi connectivity index (χ0n) is 16.3. The van der Waals surface area contributed by atoms with Gasteiger partial charge in [-0.3, -0.25) is 4.79 Å². The van der Waals surface area contributed by atoms with Crippen molar-refractivity contribution in [3.05, 3.63) is 102 Å². The molecule has 0 radical (unpaired) electrons. The maximum absolute atomic E-state index is 13.1. The molecule has 3 aromatic carbocycles. The van der Waals surface area contributed by atoms with Crippen LogP contribution in [0.25, 0.3) is 5.57 Å². The van der Waals surface area contributed by atoms with Gasteiger partial charge in [0.25, 0.3) is 0 Å². The zero-order valence-corrected chi connectivity index (χ0v) is 16.3. The van der Waals surface area contributed by atoms with Crippen LogP contribution >= 0.6 is 0 Å². The third-order valence-electron chi connectivity index (χ3n) is 5.46. The number of rotatable bonds is 5. The molecule has 0 aromatic heterocycles. The minimum absolute atomic E-state index is 0.125. The Bertz CT molecular complexity index is 1040. The second kappa shape index (κ2) is 7.57. The van der Waals surface area contributed by atoms with Crippen LogP contribution in [-0.2, 0) is 10.4 Å². The quantitative estimate of drug-likeness (QED) is 0.709. The molecule has 0 fully saturated rings. The SMILES string of the molecule is COc1ccc(C2=CC(=O)C(c3ccccc3)C2(O)c2ccc(OC)cc2)cc1. The molecule has 4 heteroatoms. The summed E-state index contributed by atoms with van der Waals surface area (Å²) in [4.78, 5) is 13.1. The minimum Gasteiger partial charge on any atom is -0.497 e. The molecule has 0 heterocycles. The average Bonchev–Trinajstić information content (AvgIpc) is 3.05. The molecular formula is C25H22O4. The molecule has 1 N–H and O–H groups in total. The first kappa shape index (κ1) is 19.0. The van der Waals surface area contributed by atoms with Gasteiger partial charge in [-0.15, -0.1) is 0 Å². The van der Waals surface area contributed by atoms with Crippen molar-refractivity contribution < 1.29 is 19.4 Å². The highest BCUT2D eigenvalue weighted by molar-refractivity contribution is 6.10. The van der Waals surface area contributed by atoms with E-state index in [1.54, 1.807) is 32.4 Å². The number of hydrogen-bond acceptors (Lipinski definition) is 4. The molecule has 1 aliphatic rings. The van der Waals surface area contributed by atoms with E-state index in [1.165, 1.54) is 0 Å². The van der Waals surface area contributed by atoms with E-state index in [-0.39, 0.29) is 5.78 Å². The van der Waals surface area contributed by atoms with E-state index in [9.17, 15) is 9.90 Å². The van der Waals surface area contributed by atoms with E-state index >= 15 is 0 Å². The molecule has 146 valence electrons. The van der Waals surface area contributed by atoms with Gasteiger partial charge in [0.1, 0.15) is 17.1 Å². The molecule has 1 aliphatic carbocycles. The largest absolute Gasteiger partial charge is 0.497 e. The van der Waals surface area contributed by atoms with Crippen molar-refractivity contribution in [2.24, 2.45) is 0 Å². The lowest BCUT2D eigenvalue weighted by molar-refractivity contribution is -0.118. The Morgan fingerprint density at radius 1 is 0.793 bits per heavy atom. The molecule has 0 saturated carbocycles. The van der Waals surface area contributed by atoms with Crippen LogP contribution in [0, 0.1) is 0 Å². The first-order valence-corrected chi connectivity index (χ1v) is 9.40. The predicted molar refractivity (Wildman–Crippen MR) is 112 cm³/mol. The summed E-state index contributed by atoms with van der Waals surface area (Å²) in [6, 6.07) is 24.0. The van der Waals surface area contributed by atoms with Gasteiger partial charge in [0, 0.05) is 0 Å². The number of aliphatic hydroxyl groups is 1. The topological polar surface area (TPSA) is 55.8 Å². The van der Waals surface area contributed by atoms with Gasteiger partial charge < -0.3 is 14.6 Å². The molecule has 0 amide bonds. The number of ether oxygens (including phenoxy) is 2. The number of ketones is 1. The summed E-state index contributed by atoms with van der Waals surface area (Å²) in [7, 11) is 3.20. The maximum Gasteiger partial charge on any atom is 0.167 e. The summed E-state index contributed by atoms with van der Waals surface area (Å²) < 4.78 is 10.5. The van der Waals surface area contributed by atoms with E-state index < -0.39 is 11.5 Å². The van der Waals surface area contributed by atoms with E-state index in [0.717, 1.165) is 11.1 Å². The monoisotopic (exact) mass is 386 g/mol. The lowest BCUT2D eigenvalue weighted by atomic mass is 9.74. The Kier molecular flexibility index (Phi) is 4.95. The Balaban J connectivity index is 1.88. The van der Waals surface area contributed by atoms with Crippen molar-refractivity contribution in [1.82, 2.24) is 0 Å². The van der Waals surface area contributed by atoms with Crippen molar-refractivity contribution in [2.45, 2.75) is 11.5 Å². The average molecular weight is 386 g/mol. The molecule has 4 nitrogen and oxygen atoms in total. The highest BCUT2D eigenvalue weighted by Crippen LogP contribution is 2.52.